The predicted octanol–water partition coefficient (Wildman–Crippen LogP) is 1.98. The van der Waals surface area contributed by atoms with Crippen LogP contribution in [0.2, 0.25) is 0 Å². The molecule has 5 heteroatoms. The lowest BCUT2D eigenvalue weighted by Gasteiger charge is -2.05. The zero-order valence-corrected chi connectivity index (χ0v) is 8.95. The van der Waals surface area contributed by atoms with Crippen molar-refractivity contribution in [3.8, 4) is 6.07 Å². The van der Waals surface area contributed by atoms with E-state index in [1.165, 1.54) is 0 Å². The third kappa shape index (κ3) is 2.68. The highest BCUT2D eigenvalue weighted by molar-refractivity contribution is 9.10. The number of nitrogens with two attached hydrogens (primary N) is 1. The zero-order valence-electron chi connectivity index (χ0n) is 6.54. The number of hydrogen-bond acceptors (Lipinski definition) is 2. The summed E-state index contributed by atoms with van der Waals surface area (Å²) in [5.74, 6) is 0. The quantitative estimate of drug-likeness (QED) is 0.754. The fraction of sp³-hybridized carbons (Fsp3) is 0. The van der Waals surface area contributed by atoms with Gasteiger partial charge in [0.15, 0.2) is 5.11 Å². The topological polar surface area (TPSA) is 61.8 Å². The molecule has 0 spiro atoms. The van der Waals surface area contributed by atoms with Gasteiger partial charge < -0.3 is 11.1 Å². The van der Waals surface area contributed by atoms with Crippen LogP contribution in [0.4, 0.5) is 5.69 Å². The Kier molecular flexibility index (Phi) is 3.23. The molecule has 0 amide bonds. The number of halogens is 1. The van der Waals surface area contributed by atoms with Gasteiger partial charge in [-0.25, -0.2) is 0 Å². The van der Waals surface area contributed by atoms with Crippen LogP contribution in [0.15, 0.2) is 22.7 Å². The third-order valence-corrected chi connectivity index (χ3v) is 2.11. The van der Waals surface area contributed by atoms with Crippen molar-refractivity contribution in [1.82, 2.24) is 0 Å². The van der Waals surface area contributed by atoms with Gasteiger partial charge in [-0.1, -0.05) is 0 Å². The number of anilines is 1. The molecule has 1 rings (SSSR count). The van der Waals surface area contributed by atoms with Crippen LogP contribution in [0.5, 0.6) is 0 Å². The highest BCUT2D eigenvalue weighted by Gasteiger charge is 2.00. The van der Waals surface area contributed by atoms with Crippen LogP contribution in [-0.2, 0) is 0 Å². The summed E-state index contributed by atoms with van der Waals surface area (Å²) in [5.41, 5.74) is 6.64. The highest BCUT2D eigenvalue weighted by Crippen LogP contribution is 2.22. The molecule has 0 fully saturated rings. The molecule has 0 aromatic heterocycles. The maximum absolute atomic E-state index is 8.59. The number of nitrogens with zero attached hydrogens (tertiary/aromatic N) is 1. The normalized spacial score (nSPS) is 8.92. The Labute approximate surface area is 89.7 Å². The third-order valence-electron chi connectivity index (χ3n) is 1.36. The average Bonchev–Trinajstić information content (AvgIpc) is 2.08. The molecule has 0 aliphatic rings. The number of nitriles is 1. The minimum absolute atomic E-state index is 0.199. The van der Waals surface area contributed by atoms with Gasteiger partial charge in [0.25, 0.3) is 0 Å². The molecule has 3 N–H and O–H groups in total. The summed E-state index contributed by atoms with van der Waals surface area (Å²) in [6, 6.07) is 7.15. The van der Waals surface area contributed by atoms with E-state index in [9.17, 15) is 0 Å². The zero-order chi connectivity index (χ0) is 9.84. The number of rotatable bonds is 1. The van der Waals surface area contributed by atoms with Gasteiger partial charge in [-0.2, -0.15) is 5.26 Å². The van der Waals surface area contributed by atoms with Crippen LogP contribution in [0.3, 0.4) is 0 Å². The van der Waals surface area contributed by atoms with Gasteiger partial charge in [-0.3, -0.25) is 0 Å². The molecule has 3 nitrogen and oxygen atoms in total. The average molecular weight is 256 g/mol. The van der Waals surface area contributed by atoms with E-state index in [1.807, 2.05) is 6.07 Å². The molecule has 1 aromatic rings. The fourth-order valence-corrected chi connectivity index (χ4v) is 1.41. The molecule has 1 aromatic carbocycles. The second-order valence-electron chi connectivity index (χ2n) is 2.30. The van der Waals surface area contributed by atoms with Crippen molar-refractivity contribution in [1.29, 1.82) is 5.26 Å². The molecule has 0 bridgehead atoms. The molecule has 13 heavy (non-hydrogen) atoms. The van der Waals surface area contributed by atoms with Gasteiger partial charge in [0.05, 0.1) is 17.3 Å². The van der Waals surface area contributed by atoms with E-state index in [1.54, 1.807) is 18.2 Å². The molecule has 0 aliphatic heterocycles. The lowest BCUT2D eigenvalue weighted by molar-refractivity contribution is 1.47. The number of hydrogen-bond donors (Lipinski definition) is 2. The molecule has 0 aliphatic carbocycles. The minimum atomic E-state index is 0.199. The van der Waals surface area contributed by atoms with Gasteiger partial charge in [-0.05, 0) is 46.3 Å². The van der Waals surface area contributed by atoms with Gasteiger partial charge in [0, 0.05) is 4.47 Å². The van der Waals surface area contributed by atoms with Crippen LogP contribution >= 0.6 is 28.1 Å². The first kappa shape index (κ1) is 9.96. The molecule has 0 unspecified atom stereocenters. The maximum atomic E-state index is 8.59. The minimum Gasteiger partial charge on any atom is -0.376 e. The van der Waals surface area contributed by atoms with Crippen LogP contribution in [0.25, 0.3) is 0 Å². The summed E-state index contributed by atoms with van der Waals surface area (Å²) >= 11 is 7.97. The maximum Gasteiger partial charge on any atom is 0.168 e. The second kappa shape index (κ2) is 4.21. The van der Waals surface area contributed by atoms with Crippen molar-refractivity contribution in [3.05, 3.63) is 28.2 Å². The van der Waals surface area contributed by atoms with Crippen molar-refractivity contribution in [2.75, 3.05) is 5.32 Å². The van der Waals surface area contributed by atoms with E-state index < -0.39 is 0 Å². The Balaban J connectivity index is 3.00. The standard InChI is InChI=1S/C8H6BrN3S/c9-6-3-5(4-10)1-2-7(6)12-8(11)13/h1-3H,(H3,11,12,13). The smallest absolute Gasteiger partial charge is 0.168 e. The van der Waals surface area contributed by atoms with Crippen LogP contribution < -0.4 is 11.1 Å². The highest BCUT2D eigenvalue weighted by atomic mass is 79.9. The first-order chi connectivity index (χ1) is 6.13. The lowest BCUT2D eigenvalue weighted by atomic mass is 10.2. The Hall–Kier alpha value is -1.12. The molecule has 66 valence electrons. The van der Waals surface area contributed by atoms with E-state index in [-0.39, 0.29) is 5.11 Å². The Morgan fingerprint density at radius 3 is 2.77 bits per heavy atom. The van der Waals surface area contributed by atoms with E-state index in [0.29, 0.717) is 5.56 Å². The molecule has 0 atom stereocenters. The number of nitrogens with one attached hydrogen (secondary N) is 1. The first-order valence-corrected chi connectivity index (χ1v) is 4.59. The van der Waals surface area contributed by atoms with Crippen molar-refractivity contribution in [3.63, 3.8) is 0 Å². The van der Waals surface area contributed by atoms with Crippen LogP contribution in [0, 0.1) is 11.3 Å². The Morgan fingerprint density at radius 2 is 2.31 bits per heavy atom. The van der Waals surface area contributed by atoms with E-state index in [4.69, 9.17) is 11.0 Å². The molecule has 0 radical (unpaired) electrons. The van der Waals surface area contributed by atoms with Crippen molar-refractivity contribution >= 4 is 38.9 Å². The van der Waals surface area contributed by atoms with E-state index in [0.717, 1.165) is 10.2 Å². The summed E-state index contributed by atoms with van der Waals surface area (Å²) in [7, 11) is 0. The lowest BCUT2D eigenvalue weighted by Crippen LogP contribution is -2.19. The first-order valence-electron chi connectivity index (χ1n) is 3.39. The van der Waals surface area contributed by atoms with Crippen LogP contribution in [0.1, 0.15) is 5.56 Å². The van der Waals surface area contributed by atoms with Crippen molar-refractivity contribution in [2.24, 2.45) is 5.73 Å². The van der Waals surface area contributed by atoms with Gasteiger partial charge >= 0.3 is 0 Å². The summed E-state index contributed by atoms with van der Waals surface area (Å²) < 4.78 is 0.763. The largest absolute Gasteiger partial charge is 0.376 e. The molecule has 0 heterocycles. The Morgan fingerprint density at radius 1 is 1.62 bits per heavy atom. The van der Waals surface area contributed by atoms with Crippen molar-refractivity contribution in [2.45, 2.75) is 0 Å². The number of thiocarbonyl (C=S) groups is 1. The summed E-state index contributed by atoms with van der Waals surface area (Å²) in [5, 5.41) is 11.6. The van der Waals surface area contributed by atoms with Gasteiger partial charge in [0.2, 0.25) is 0 Å². The molecule has 0 saturated carbocycles. The molecule has 0 saturated heterocycles. The van der Waals surface area contributed by atoms with E-state index >= 15 is 0 Å². The predicted molar refractivity (Wildman–Crippen MR) is 59.3 cm³/mol. The fourth-order valence-electron chi connectivity index (χ4n) is 0.819. The monoisotopic (exact) mass is 255 g/mol. The SMILES string of the molecule is N#Cc1ccc(NC(N)=S)c(Br)c1. The molecular formula is C8H6BrN3S. The summed E-state index contributed by atoms with van der Waals surface area (Å²) in [6.07, 6.45) is 0. The number of benzene rings is 1. The second-order valence-corrected chi connectivity index (χ2v) is 3.59. The van der Waals surface area contributed by atoms with Gasteiger partial charge in [-0.15, -0.1) is 0 Å². The Bertz CT molecular complexity index is 383. The summed E-state index contributed by atoms with van der Waals surface area (Å²) in [6.45, 7) is 0. The van der Waals surface area contributed by atoms with Crippen LogP contribution in [-0.4, -0.2) is 5.11 Å². The van der Waals surface area contributed by atoms with Crippen molar-refractivity contribution < 1.29 is 0 Å². The summed E-state index contributed by atoms with van der Waals surface area (Å²) in [4.78, 5) is 0. The van der Waals surface area contributed by atoms with Gasteiger partial charge in [0.1, 0.15) is 0 Å². The van der Waals surface area contributed by atoms with E-state index in [2.05, 4.69) is 33.5 Å². The molecular weight excluding hydrogens is 250 g/mol.